The molecule has 0 aliphatic carbocycles. The van der Waals surface area contributed by atoms with E-state index in [4.69, 9.17) is 4.74 Å². The molecule has 3 N–H and O–H groups in total. The number of hydrogen-bond acceptors (Lipinski definition) is 4. The van der Waals surface area contributed by atoms with Crippen LogP contribution in [0.5, 0.6) is 11.5 Å². The van der Waals surface area contributed by atoms with Crippen molar-refractivity contribution >= 4 is 35.8 Å². The van der Waals surface area contributed by atoms with Gasteiger partial charge in [-0.25, -0.2) is 0 Å². The molecule has 0 fully saturated rings. The molecular weight excluding hydrogens is 507 g/mol. The topological polar surface area (TPSA) is 86.2 Å². The molecule has 2 aromatic rings. The summed E-state index contributed by atoms with van der Waals surface area (Å²) < 4.78 is 5.49. The number of amides is 1. The summed E-state index contributed by atoms with van der Waals surface area (Å²) in [5, 5.41) is 15.6. The fraction of sp³-hybridized carbons (Fsp3) is 0.391. The predicted octanol–water partition coefficient (Wildman–Crippen LogP) is 3.63. The number of phenols is 1. The molecule has 7 nitrogen and oxygen atoms in total. The number of hydrogen-bond donors (Lipinski definition) is 3. The van der Waals surface area contributed by atoms with Crippen LogP contribution in [0, 0.1) is 0 Å². The van der Waals surface area contributed by atoms with Crippen molar-refractivity contribution in [3.63, 3.8) is 0 Å². The number of guanidine groups is 1. The summed E-state index contributed by atoms with van der Waals surface area (Å²) in [4.78, 5) is 18.8. The first-order chi connectivity index (χ1) is 14.5. The molecule has 0 saturated heterocycles. The van der Waals surface area contributed by atoms with Crippen LogP contribution in [0.3, 0.4) is 0 Å². The summed E-state index contributed by atoms with van der Waals surface area (Å²) >= 11 is 0. The molecule has 2 aromatic carbocycles. The van der Waals surface area contributed by atoms with E-state index in [2.05, 4.69) is 32.7 Å². The highest BCUT2D eigenvalue weighted by Gasteiger charge is 2.08. The Morgan fingerprint density at radius 3 is 2.52 bits per heavy atom. The van der Waals surface area contributed by atoms with Gasteiger partial charge in [0, 0.05) is 38.8 Å². The Morgan fingerprint density at radius 2 is 1.87 bits per heavy atom. The van der Waals surface area contributed by atoms with Gasteiger partial charge in [0.25, 0.3) is 5.91 Å². The van der Waals surface area contributed by atoms with Crippen molar-refractivity contribution in [3.05, 3.63) is 59.7 Å². The molecule has 170 valence electrons. The quantitative estimate of drug-likeness (QED) is 0.186. The van der Waals surface area contributed by atoms with E-state index in [0.29, 0.717) is 25.3 Å². The minimum absolute atomic E-state index is 0. The average Bonchev–Trinajstić information content (AvgIpc) is 2.74. The van der Waals surface area contributed by atoms with Crippen LogP contribution >= 0.6 is 24.0 Å². The minimum Gasteiger partial charge on any atom is -0.508 e. The zero-order chi connectivity index (χ0) is 21.8. The van der Waals surface area contributed by atoms with Crippen LogP contribution in [-0.4, -0.2) is 55.2 Å². The van der Waals surface area contributed by atoms with Crippen molar-refractivity contribution in [2.24, 2.45) is 4.99 Å². The van der Waals surface area contributed by atoms with E-state index in [0.717, 1.165) is 31.2 Å². The van der Waals surface area contributed by atoms with Crippen LogP contribution < -0.4 is 15.4 Å². The lowest BCUT2D eigenvalue weighted by Gasteiger charge is -2.22. The summed E-state index contributed by atoms with van der Waals surface area (Å²) in [6, 6.07) is 14.4. The van der Waals surface area contributed by atoms with E-state index in [-0.39, 0.29) is 35.6 Å². The highest BCUT2D eigenvalue weighted by molar-refractivity contribution is 14.0. The number of nitrogens with one attached hydrogen (secondary N) is 2. The van der Waals surface area contributed by atoms with Gasteiger partial charge < -0.3 is 25.4 Å². The van der Waals surface area contributed by atoms with Crippen LogP contribution in [0.2, 0.25) is 0 Å². The van der Waals surface area contributed by atoms with Crippen LogP contribution in [0.15, 0.2) is 53.5 Å². The van der Waals surface area contributed by atoms with Crippen molar-refractivity contribution in [2.75, 3.05) is 33.3 Å². The third-order valence-electron chi connectivity index (χ3n) is 4.34. The molecule has 0 atom stereocenters. The SMILES string of the molecule is CCNC(=NCCCNC(=O)c1cccc(O)c1)N(C)Cc1ccc(OCC)cc1.I. The van der Waals surface area contributed by atoms with E-state index in [1.165, 1.54) is 17.7 Å². The number of phenolic OH excluding ortho intramolecular Hbond substituents is 1. The van der Waals surface area contributed by atoms with Crippen molar-refractivity contribution in [2.45, 2.75) is 26.8 Å². The second kappa shape index (κ2) is 14.5. The summed E-state index contributed by atoms with van der Waals surface area (Å²) in [6.45, 7) is 7.28. The van der Waals surface area contributed by atoms with Crippen LogP contribution in [0.4, 0.5) is 0 Å². The van der Waals surface area contributed by atoms with Gasteiger partial charge in [0.1, 0.15) is 11.5 Å². The van der Waals surface area contributed by atoms with Gasteiger partial charge in [-0.1, -0.05) is 18.2 Å². The lowest BCUT2D eigenvalue weighted by Crippen LogP contribution is -2.38. The maximum Gasteiger partial charge on any atom is 0.251 e. The van der Waals surface area contributed by atoms with Gasteiger partial charge in [0.15, 0.2) is 5.96 Å². The molecule has 31 heavy (non-hydrogen) atoms. The third kappa shape index (κ3) is 9.46. The Bertz CT molecular complexity index is 828. The first-order valence-corrected chi connectivity index (χ1v) is 10.3. The Kier molecular flexibility index (Phi) is 12.4. The number of rotatable bonds is 10. The van der Waals surface area contributed by atoms with Gasteiger partial charge in [0.05, 0.1) is 6.61 Å². The highest BCUT2D eigenvalue weighted by Crippen LogP contribution is 2.13. The fourth-order valence-electron chi connectivity index (χ4n) is 2.89. The van der Waals surface area contributed by atoms with Crippen molar-refractivity contribution in [1.82, 2.24) is 15.5 Å². The van der Waals surface area contributed by atoms with Crippen molar-refractivity contribution in [1.29, 1.82) is 0 Å². The molecule has 0 saturated carbocycles. The molecule has 0 spiro atoms. The normalized spacial score (nSPS) is 10.7. The smallest absolute Gasteiger partial charge is 0.251 e. The largest absolute Gasteiger partial charge is 0.508 e. The number of ether oxygens (including phenoxy) is 1. The number of nitrogens with zero attached hydrogens (tertiary/aromatic N) is 2. The third-order valence-corrected chi connectivity index (χ3v) is 4.34. The van der Waals surface area contributed by atoms with E-state index < -0.39 is 0 Å². The van der Waals surface area contributed by atoms with Crippen LogP contribution in [0.1, 0.15) is 36.2 Å². The number of carbonyl (C=O) groups excluding carboxylic acids is 1. The van der Waals surface area contributed by atoms with Gasteiger partial charge in [-0.2, -0.15) is 0 Å². The molecular formula is C23H33IN4O3. The van der Waals surface area contributed by atoms with Gasteiger partial charge in [0.2, 0.25) is 0 Å². The number of carbonyl (C=O) groups is 1. The summed E-state index contributed by atoms with van der Waals surface area (Å²) in [7, 11) is 2.00. The Morgan fingerprint density at radius 1 is 1.13 bits per heavy atom. The second-order valence-electron chi connectivity index (χ2n) is 6.83. The standard InChI is InChI=1S/C23H32N4O3.HI/c1-4-24-23(27(3)17-18-10-12-21(13-11-18)30-5-2)26-15-7-14-25-22(29)19-8-6-9-20(28)16-19;/h6,8-13,16,28H,4-5,7,14-15,17H2,1-3H3,(H,24,26)(H,25,29);1H. The first kappa shape index (κ1) is 26.5. The fourth-order valence-corrected chi connectivity index (χ4v) is 2.89. The molecule has 0 aromatic heterocycles. The number of benzene rings is 2. The van der Waals surface area contributed by atoms with Crippen molar-refractivity contribution in [3.8, 4) is 11.5 Å². The van der Waals surface area contributed by atoms with E-state index in [9.17, 15) is 9.90 Å². The average molecular weight is 540 g/mol. The molecule has 0 unspecified atom stereocenters. The maximum absolute atomic E-state index is 12.1. The minimum atomic E-state index is -0.200. The van der Waals surface area contributed by atoms with Gasteiger partial charge in [-0.15, -0.1) is 24.0 Å². The molecule has 8 heteroatoms. The number of halogens is 1. The van der Waals surface area contributed by atoms with E-state index in [1.807, 2.05) is 33.0 Å². The van der Waals surface area contributed by atoms with Crippen LogP contribution in [0.25, 0.3) is 0 Å². The van der Waals surface area contributed by atoms with Crippen molar-refractivity contribution < 1.29 is 14.6 Å². The maximum atomic E-state index is 12.1. The Hall–Kier alpha value is -2.49. The van der Waals surface area contributed by atoms with Gasteiger partial charge in [-0.3, -0.25) is 9.79 Å². The molecule has 0 aliphatic heterocycles. The molecule has 0 heterocycles. The monoisotopic (exact) mass is 540 g/mol. The first-order valence-electron chi connectivity index (χ1n) is 10.3. The molecule has 1 amide bonds. The zero-order valence-corrected chi connectivity index (χ0v) is 20.8. The lowest BCUT2D eigenvalue weighted by atomic mass is 10.2. The van der Waals surface area contributed by atoms with E-state index in [1.54, 1.807) is 12.1 Å². The predicted molar refractivity (Wildman–Crippen MR) is 136 cm³/mol. The zero-order valence-electron chi connectivity index (χ0n) is 18.4. The van der Waals surface area contributed by atoms with Crippen LogP contribution in [-0.2, 0) is 6.54 Å². The molecule has 2 rings (SSSR count). The summed E-state index contributed by atoms with van der Waals surface area (Å²) in [6.07, 6.45) is 0.719. The molecule has 0 aliphatic rings. The molecule has 0 radical (unpaired) electrons. The van der Waals surface area contributed by atoms with Gasteiger partial charge in [-0.05, 0) is 56.2 Å². The highest BCUT2D eigenvalue weighted by atomic mass is 127. The van der Waals surface area contributed by atoms with Gasteiger partial charge >= 0.3 is 0 Å². The summed E-state index contributed by atoms with van der Waals surface area (Å²) in [5.74, 6) is 1.58. The number of aromatic hydroxyl groups is 1. The second-order valence-corrected chi connectivity index (χ2v) is 6.83. The Labute approximate surface area is 201 Å². The lowest BCUT2D eigenvalue weighted by molar-refractivity contribution is 0.0953. The van der Waals surface area contributed by atoms with E-state index >= 15 is 0 Å². The Balaban J connectivity index is 0.00000480. The summed E-state index contributed by atoms with van der Waals surface area (Å²) in [5.41, 5.74) is 1.62. The molecule has 0 bridgehead atoms. The number of aliphatic imine (C=N–C) groups is 1.